The predicted molar refractivity (Wildman–Crippen MR) is 52.1 cm³/mol. The van der Waals surface area contributed by atoms with Gasteiger partial charge in [0.25, 0.3) is 0 Å². The monoisotopic (exact) mass is 172 g/mol. The van der Waals surface area contributed by atoms with E-state index in [1.54, 1.807) is 0 Å². The molecule has 2 nitrogen and oxygen atoms in total. The lowest BCUT2D eigenvalue weighted by Crippen LogP contribution is -2.38. The zero-order valence-electron chi connectivity index (χ0n) is 7.67. The van der Waals surface area contributed by atoms with Crippen LogP contribution in [0.4, 0.5) is 0 Å². The highest BCUT2D eigenvalue weighted by Gasteiger charge is 2.31. The van der Waals surface area contributed by atoms with Gasteiger partial charge in [-0.3, -0.25) is 4.98 Å². The molecule has 1 unspecified atom stereocenters. The Balaban J connectivity index is 2.21. The zero-order valence-corrected chi connectivity index (χ0v) is 7.67. The maximum Gasteiger partial charge on any atom is 0.0893 e. The summed E-state index contributed by atoms with van der Waals surface area (Å²) in [7, 11) is 0. The molecule has 1 atom stereocenters. The van der Waals surface area contributed by atoms with E-state index < -0.39 is 0 Å². The third-order valence-corrected chi connectivity index (χ3v) is 3.07. The SMILES string of the molecule is CC1=C2NC1CCc1cccnc12. The first kappa shape index (κ1) is 7.13. The molecule has 0 aromatic carbocycles. The minimum absolute atomic E-state index is 0.615. The second-order valence-corrected chi connectivity index (χ2v) is 3.80. The van der Waals surface area contributed by atoms with Crippen LogP contribution in [0.5, 0.6) is 0 Å². The van der Waals surface area contributed by atoms with Gasteiger partial charge in [0.05, 0.1) is 11.4 Å². The van der Waals surface area contributed by atoms with E-state index in [-0.39, 0.29) is 0 Å². The van der Waals surface area contributed by atoms with E-state index in [0.717, 1.165) is 6.42 Å². The Bertz CT molecular complexity index is 393. The minimum atomic E-state index is 0.615. The molecule has 2 heteroatoms. The van der Waals surface area contributed by atoms with E-state index in [9.17, 15) is 0 Å². The van der Waals surface area contributed by atoms with Gasteiger partial charge in [-0.15, -0.1) is 0 Å². The Morgan fingerprint density at radius 3 is 3.31 bits per heavy atom. The molecular formula is C11H12N2. The Morgan fingerprint density at radius 2 is 2.46 bits per heavy atom. The standard InChI is InChI=1S/C11H12N2/c1-7-9-5-4-8-3-2-6-12-11(8)10(7)13-9/h2-3,6,9,13H,4-5H2,1H3. The molecule has 0 radical (unpaired) electrons. The van der Waals surface area contributed by atoms with Gasteiger partial charge in [0.15, 0.2) is 0 Å². The van der Waals surface area contributed by atoms with Gasteiger partial charge in [0.1, 0.15) is 0 Å². The Hall–Kier alpha value is -1.31. The third-order valence-electron chi connectivity index (χ3n) is 3.07. The van der Waals surface area contributed by atoms with Crippen molar-refractivity contribution in [3.05, 3.63) is 35.2 Å². The topological polar surface area (TPSA) is 24.9 Å². The zero-order chi connectivity index (χ0) is 8.84. The van der Waals surface area contributed by atoms with Crippen LogP contribution in [-0.4, -0.2) is 11.0 Å². The first-order valence-electron chi connectivity index (χ1n) is 4.78. The van der Waals surface area contributed by atoms with E-state index in [4.69, 9.17) is 0 Å². The summed E-state index contributed by atoms with van der Waals surface area (Å²) in [6.07, 6.45) is 4.25. The molecule has 66 valence electrons. The molecule has 1 aromatic rings. The number of fused-ring (bicyclic) bond motifs is 1. The molecule has 4 rings (SSSR count). The molecule has 0 saturated carbocycles. The van der Waals surface area contributed by atoms with Gasteiger partial charge in [-0.2, -0.15) is 0 Å². The Kier molecular flexibility index (Phi) is 1.29. The number of nitrogens with one attached hydrogen (secondary N) is 1. The minimum Gasteiger partial charge on any atom is -0.377 e. The van der Waals surface area contributed by atoms with Crippen molar-refractivity contribution >= 4 is 5.70 Å². The van der Waals surface area contributed by atoms with Crippen LogP contribution >= 0.6 is 0 Å². The average molecular weight is 172 g/mol. The summed E-state index contributed by atoms with van der Waals surface area (Å²) < 4.78 is 0. The summed E-state index contributed by atoms with van der Waals surface area (Å²) >= 11 is 0. The number of hydrogen-bond donors (Lipinski definition) is 1. The molecule has 13 heavy (non-hydrogen) atoms. The van der Waals surface area contributed by atoms with E-state index in [1.165, 1.54) is 28.9 Å². The van der Waals surface area contributed by atoms with Crippen LogP contribution in [0.15, 0.2) is 23.9 Å². The van der Waals surface area contributed by atoms with Crippen molar-refractivity contribution < 1.29 is 0 Å². The fourth-order valence-electron chi connectivity index (χ4n) is 2.20. The number of hydrogen-bond acceptors (Lipinski definition) is 2. The van der Waals surface area contributed by atoms with Crippen LogP contribution in [0.2, 0.25) is 0 Å². The highest BCUT2D eigenvalue weighted by Crippen LogP contribution is 2.34. The highest BCUT2D eigenvalue weighted by atomic mass is 15.0. The first-order chi connectivity index (χ1) is 6.36. The van der Waals surface area contributed by atoms with Crippen LogP contribution in [0, 0.1) is 0 Å². The second kappa shape index (κ2) is 2.34. The van der Waals surface area contributed by atoms with Crippen molar-refractivity contribution in [2.75, 3.05) is 0 Å². The van der Waals surface area contributed by atoms with Gasteiger partial charge >= 0.3 is 0 Å². The van der Waals surface area contributed by atoms with Crippen molar-refractivity contribution in [2.24, 2.45) is 0 Å². The highest BCUT2D eigenvalue weighted by molar-refractivity contribution is 5.74. The van der Waals surface area contributed by atoms with Crippen LogP contribution in [-0.2, 0) is 6.42 Å². The Labute approximate surface area is 77.7 Å². The van der Waals surface area contributed by atoms with Gasteiger partial charge in [0, 0.05) is 12.2 Å². The first-order valence-corrected chi connectivity index (χ1v) is 4.78. The van der Waals surface area contributed by atoms with Gasteiger partial charge in [0.2, 0.25) is 0 Å². The summed E-state index contributed by atoms with van der Waals surface area (Å²) in [5, 5.41) is 3.46. The molecule has 0 spiro atoms. The van der Waals surface area contributed by atoms with Crippen molar-refractivity contribution in [3.8, 4) is 0 Å². The predicted octanol–water partition coefficient (Wildman–Crippen LogP) is 1.73. The molecule has 0 amide bonds. The fourth-order valence-corrected chi connectivity index (χ4v) is 2.20. The molecule has 1 N–H and O–H groups in total. The average Bonchev–Trinajstić information content (AvgIpc) is 2.43. The van der Waals surface area contributed by atoms with Crippen molar-refractivity contribution in [1.29, 1.82) is 0 Å². The van der Waals surface area contributed by atoms with E-state index in [1.807, 2.05) is 12.3 Å². The largest absolute Gasteiger partial charge is 0.377 e. The molecule has 0 fully saturated rings. The summed E-state index contributed by atoms with van der Waals surface area (Å²) in [5.41, 5.74) is 5.33. The molecule has 0 saturated heterocycles. The summed E-state index contributed by atoms with van der Waals surface area (Å²) in [6.45, 7) is 2.21. The lowest BCUT2D eigenvalue weighted by atomic mass is 9.96. The number of pyridine rings is 1. The number of aryl methyl sites for hydroxylation is 1. The van der Waals surface area contributed by atoms with Crippen LogP contribution in [0.3, 0.4) is 0 Å². The molecule has 2 aliphatic heterocycles. The maximum atomic E-state index is 4.43. The third kappa shape index (κ3) is 0.857. The van der Waals surface area contributed by atoms with E-state index in [2.05, 4.69) is 23.3 Å². The lowest BCUT2D eigenvalue weighted by molar-refractivity contribution is 0.586. The van der Waals surface area contributed by atoms with E-state index in [0.29, 0.717) is 6.04 Å². The van der Waals surface area contributed by atoms with Gasteiger partial charge < -0.3 is 5.32 Å². The van der Waals surface area contributed by atoms with Gasteiger partial charge in [-0.05, 0) is 37.0 Å². The summed E-state index contributed by atoms with van der Waals surface area (Å²) in [5.74, 6) is 0. The van der Waals surface area contributed by atoms with Crippen molar-refractivity contribution in [3.63, 3.8) is 0 Å². The lowest BCUT2D eigenvalue weighted by Gasteiger charge is -2.31. The Morgan fingerprint density at radius 1 is 1.54 bits per heavy atom. The second-order valence-electron chi connectivity index (χ2n) is 3.80. The van der Waals surface area contributed by atoms with Gasteiger partial charge in [-0.25, -0.2) is 0 Å². The molecule has 2 bridgehead atoms. The number of aromatic nitrogens is 1. The normalized spacial score (nSPS) is 24.2. The van der Waals surface area contributed by atoms with Gasteiger partial charge in [-0.1, -0.05) is 6.07 Å². The number of nitrogens with zero attached hydrogens (tertiary/aromatic N) is 1. The van der Waals surface area contributed by atoms with E-state index >= 15 is 0 Å². The smallest absolute Gasteiger partial charge is 0.0893 e. The molecular weight excluding hydrogens is 160 g/mol. The van der Waals surface area contributed by atoms with Crippen LogP contribution in [0.25, 0.3) is 5.70 Å². The van der Waals surface area contributed by atoms with Crippen molar-refractivity contribution in [2.45, 2.75) is 25.8 Å². The van der Waals surface area contributed by atoms with Crippen LogP contribution in [0.1, 0.15) is 24.6 Å². The summed E-state index contributed by atoms with van der Waals surface area (Å²) in [4.78, 5) is 4.43. The fraction of sp³-hybridized carbons (Fsp3) is 0.364. The number of rotatable bonds is 0. The van der Waals surface area contributed by atoms with Crippen LogP contribution < -0.4 is 5.32 Å². The maximum absolute atomic E-state index is 4.43. The summed E-state index contributed by atoms with van der Waals surface area (Å²) in [6, 6.07) is 4.83. The molecule has 3 aliphatic rings. The molecule has 1 aliphatic carbocycles. The molecule has 3 heterocycles. The quantitative estimate of drug-likeness (QED) is 0.644. The van der Waals surface area contributed by atoms with Crippen molar-refractivity contribution in [1.82, 2.24) is 10.3 Å². The molecule has 1 aromatic heterocycles.